The molecule has 4 heterocycles. The number of fused-ring (bicyclic) bond motifs is 2. The second-order valence-electron chi connectivity index (χ2n) is 24.2. The average Bonchev–Trinajstić information content (AvgIpc) is 3.48. The average molecular weight is 1110 g/mol. The molecule has 8 rings (SSSR count). The van der Waals surface area contributed by atoms with Gasteiger partial charge in [-0.05, 0) is 84.5 Å². The van der Waals surface area contributed by atoms with Crippen LogP contribution in [0.3, 0.4) is 0 Å². The summed E-state index contributed by atoms with van der Waals surface area (Å²) >= 11 is 0. The Hall–Kier alpha value is -4.58. The molecule has 0 amide bonds. The maximum Gasteiger partial charge on any atom is 0.305 e. The van der Waals surface area contributed by atoms with Crippen molar-refractivity contribution in [3.63, 3.8) is 0 Å². The van der Waals surface area contributed by atoms with Gasteiger partial charge in [0.15, 0.2) is 25.2 Å². The summed E-state index contributed by atoms with van der Waals surface area (Å²) in [6.45, 7) is 17.5. The van der Waals surface area contributed by atoms with E-state index in [9.17, 15) is 19.8 Å². The Kier molecular flexibility index (Phi) is 23.1. The van der Waals surface area contributed by atoms with Crippen LogP contribution in [-0.4, -0.2) is 97.4 Å². The quantitative estimate of drug-likeness (QED) is 0.0428. The standard InChI is InChI=1S/C66H90O14/c1-41(2)33-45-17-25-49(26-18-45)63-73-39-55-61(79-63)59(77-65(75-55)51-29-21-47(22-30-51)35-43(5)6)53(67)37-71-57(69)15-13-11-9-10-12-14-16-58(70)72-38-54(68)60-62-56(76-66(78-60)52-31-23-48(24-32-52)36-44(7)8)40-74-64(80-62)50-27-19-46(20-28-50)34-42(3)4/h17-32,41-44,53-56,59-68H,9-16,33-40H2,1-8H3. The minimum atomic E-state index is -1.19. The van der Waals surface area contributed by atoms with Crippen molar-refractivity contribution in [3.8, 4) is 0 Å². The molecule has 0 aliphatic carbocycles. The van der Waals surface area contributed by atoms with Crippen LogP contribution in [0.4, 0.5) is 0 Å². The maximum atomic E-state index is 13.0. The fourth-order valence-electron chi connectivity index (χ4n) is 11.1. The predicted octanol–water partition coefficient (Wildman–Crippen LogP) is 11.9. The van der Waals surface area contributed by atoms with Gasteiger partial charge in [0.2, 0.25) is 0 Å². The SMILES string of the molecule is CC(C)Cc1ccc(C2OC3COC(c4ccc(CC(C)C)cc4)OC3C(C(O)COC(=O)CCCCCCCCC(=O)OCC(O)C3OC(c4ccc(CC(C)C)cc4)OC4COC(c5ccc(CC(C)C)cc5)OC43)O2)cc1. The molecule has 0 radical (unpaired) electrons. The number of esters is 2. The van der Waals surface area contributed by atoms with Gasteiger partial charge in [0.25, 0.3) is 0 Å². The molecule has 0 bridgehead atoms. The van der Waals surface area contributed by atoms with Crippen molar-refractivity contribution in [1.29, 1.82) is 0 Å². The van der Waals surface area contributed by atoms with Gasteiger partial charge >= 0.3 is 11.9 Å². The normalized spacial score (nSPS) is 25.8. The first kappa shape index (κ1) is 61.5. The van der Waals surface area contributed by atoms with Crippen LogP contribution in [0.15, 0.2) is 97.1 Å². The predicted molar refractivity (Wildman–Crippen MR) is 303 cm³/mol. The number of ether oxygens (including phenoxy) is 10. The van der Waals surface area contributed by atoms with Gasteiger partial charge in [-0.25, -0.2) is 0 Å². The molecule has 0 saturated carbocycles. The van der Waals surface area contributed by atoms with E-state index in [0.29, 0.717) is 36.5 Å². The Balaban J connectivity index is 0.761. The zero-order valence-corrected chi connectivity index (χ0v) is 48.6. The highest BCUT2D eigenvalue weighted by molar-refractivity contribution is 5.69. The lowest BCUT2D eigenvalue weighted by Crippen LogP contribution is -2.58. The van der Waals surface area contributed by atoms with Crippen molar-refractivity contribution in [2.45, 2.75) is 206 Å². The van der Waals surface area contributed by atoms with E-state index in [2.05, 4.69) is 104 Å². The van der Waals surface area contributed by atoms with Crippen molar-refractivity contribution in [2.24, 2.45) is 23.7 Å². The number of benzene rings is 4. The van der Waals surface area contributed by atoms with Gasteiger partial charge in [-0.15, -0.1) is 0 Å². The van der Waals surface area contributed by atoms with E-state index in [1.165, 1.54) is 22.3 Å². The Bertz CT molecular complexity index is 2300. The van der Waals surface area contributed by atoms with Crippen molar-refractivity contribution in [3.05, 3.63) is 142 Å². The number of hydrogen-bond donors (Lipinski definition) is 2. The van der Waals surface area contributed by atoms with Crippen LogP contribution in [-0.2, 0) is 82.6 Å². The fourth-order valence-corrected chi connectivity index (χ4v) is 11.1. The van der Waals surface area contributed by atoms with Gasteiger partial charge in [0.1, 0.15) is 62.0 Å². The van der Waals surface area contributed by atoms with Crippen LogP contribution in [0, 0.1) is 23.7 Å². The number of hydrogen-bond acceptors (Lipinski definition) is 14. The summed E-state index contributed by atoms with van der Waals surface area (Å²) in [5, 5.41) is 23.3. The van der Waals surface area contributed by atoms with Gasteiger partial charge in [-0.2, -0.15) is 0 Å². The minimum Gasteiger partial charge on any atom is -0.463 e. The molecule has 4 aliphatic rings. The number of aliphatic hydroxyl groups is 2. The molecule has 438 valence electrons. The molecular weight excluding hydrogens is 1020 g/mol. The van der Waals surface area contributed by atoms with E-state index >= 15 is 0 Å². The third-order valence-electron chi connectivity index (χ3n) is 15.1. The van der Waals surface area contributed by atoms with Crippen LogP contribution in [0.25, 0.3) is 0 Å². The molecule has 12 atom stereocenters. The molecule has 14 heteroatoms. The lowest BCUT2D eigenvalue weighted by Gasteiger charge is -2.47. The Morgan fingerprint density at radius 2 is 0.700 bits per heavy atom. The topological polar surface area (TPSA) is 167 Å². The van der Waals surface area contributed by atoms with Gasteiger partial charge in [0, 0.05) is 35.1 Å². The summed E-state index contributed by atoms with van der Waals surface area (Å²) in [6.07, 6.45) is -0.549. The Morgan fingerprint density at radius 1 is 0.412 bits per heavy atom. The first-order valence-electron chi connectivity index (χ1n) is 29.7. The van der Waals surface area contributed by atoms with Crippen LogP contribution < -0.4 is 0 Å². The summed E-state index contributed by atoms with van der Waals surface area (Å²) in [5.41, 5.74) is 8.25. The van der Waals surface area contributed by atoms with E-state index in [1.54, 1.807) is 0 Å². The van der Waals surface area contributed by atoms with Crippen LogP contribution in [0.1, 0.15) is 176 Å². The number of unbranched alkanes of at least 4 members (excludes halogenated alkanes) is 5. The second kappa shape index (κ2) is 30.1. The molecule has 0 spiro atoms. The van der Waals surface area contributed by atoms with E-state index in [-0.39, 0.29) is 39.3 Å². The van der Waals surface area contributed by atoms with Crippen molar-refractivity contribution >= 4 is 11.9 Å². The van der Waals surface area contributed by atoms with Crippen LogP contribution in [0.2, 0.25) is 0 Å². The van der Waals surface area contributed by atoms with Crippen molar-refractivity contribution in [1.82, 2.24) is 0 Å². The zero-order valence-electron chi connectivity index (χ0n) is 48.6. The van der Waals surface area contributed by atoms with Crippen LogP contribution in [0.5, 0.6) is 0 Å². The van der Waals surface area contributed by atoms with Crippen LogP contribution >= 0.6 is 0 Å². The summed E-state index contributed by atoms with van der Waals surface area (Å²) in [4.78, 5) is 26.0. The molecule has 4 fully saturated rings. The molecular formula is C66H90O14. The summed E-state index contributed by atoms with van der Waals surface area (Å²) in [5.74, 6) is 1.30. The lowest BCUT2D eigenvalue weighted by atomic mass is 9.98. The molecule has 14 nitrogen and oxygen atoms in total. The minimum absolute atomic E-state index is 0.209. The summed E-state index contributed by atoms with van der Waals surface area (Å²) in [7, 11) is 0. The molecule has 12 unspecified atom stereocenters. The highest BCUT2D eigenvalue weighted by Gasteiger charge is 2.50. The first-order chi connectivity index (χ1) is 38.5. The Morgan fingerprint density at radius 3 is 1.00 bits per heavy atom. The van der Waals surface area contributed by atoms with E-state index in [1.807, 2.05) is 48.5 Å². The molecule has 80 heavy (non-hydrogen) atoms. The van der Waals surface area contributed by atoms with E-state index in [0.717, 1.165) is 73.6 Å². The number of carbonyl (C=O) groups is 2. The highest BCUT2D eigenvalue weighted by Crippen LogP contribution is 2.41. The largest absolute Gasteiger partial charge is 0.463 e. The van der Waals surface area contributed by atoms with Crippen molar-refractivity contribution < 1.29 is 67.2 Å². The number of aliphatic hydroxyl groups excluding tert-OH is 2. The molecule has 0 aromatic heterocycles. The van der Waals surface area contributed by atoms with Gasteiger partial charge < -0.3 is 57.6 Å². The first-order valence-corrected chi connectivity index (χ1v) is 29.7. The fraction of sp³-hybridized carbons (Fsp3) is 0.606. The molecule has 2 N–H and O–H groups in total. The second-order valence-corrected chi connectivity index (χ2v) is 24.2. The highest BCUT2D eigenvalue weighted by atomic mass is 16.8. The van der Waals surface area contributed by atoms with Gasteiger partial charge in [-0.1, -0.05) is 178 Å². The Labute approximate surface area is 475 Å². The third kappa shape index (κ3) is 18.0. The van der Waals surface area contributed by atoms with E-state index in [4.69, 9.17) is 47.4 Å². The molecule has 4 aliphatic heterocycles. The van der Waals surface area contributed by atoms with Gasteiger partial charge in [0.05, 0.1) is 13.2 Å². The van der Waals surface area contributed by atoms with Crippen molar-refractivity contribution in [2.75, 3.05) is 26.4 Å². The molecule has 4 saturated heterocycles. The smallest absolute Gasteiger partial charge is 0.305 e. The van der Waals surface area contributed by atoms with Gasteiger partial charge in [-0.3, -0.25) is 9.59 Å². The van der Waals surface area contributed by atoms with E-state index < -0.39 is 85.9 Å². The number of rotatable bonds is 27. The summed E-state index contributed by atoms with van der Waals surface area (Å²) < 4.78 is 62.5. The molecule has 4 aromatic carbocycles. The third-order valence-corrected chi connectivity index (χ3v) is 15.1. The molecule has 4 aromatic rings. The maximum absolute atomic E-state index is 13.0. The monoisotopic (exact) mass is 1110 g/mol. The lowest BCUT2D eigenvalue weighted by molar-refractivity contribution is -0.373. The zero-order chi connectivity index (χ0) is 56.7. The number of carbonyl (C=O) groups excluding carboxylic acids is 2. The summed E-state index contributed by atoms with van der Waals surface area (Å²) in [6, 6.07) is 32.7.